The molecule has 0 saturated heterocycles. The summed E-state index contributed by atoms with van der Waals surface area (Å²) in [6, 6.07) is 7.26. The Labute approximate surface area is 123 Å². The molecule has 0 fully saturated rings. The lowest BCUT2D eigenvalue weighted by molar-refractivity contribution is -0.141. The van der Waals surface area contributed by atoms with Gasteiger partial charge >= 0.3 is 12.0 Å². The number of rotatable bonds is 4. The van der Waals surface area contributed by atoms with E-state index >= 15 is 0 Å². The molecule has 0 aliphatic heterocycles. The number of hydrogen-bond acceptors (Lipinski definition) is 3. The van der Waals surface area contributed by atoms with Crippen molar-refractivity contribution in [2.75, 3.05) is 5.32 Å². The molecule has 0 aliphatic rings. The van der Waals surface area contributed by atoms with Crippen molar-refractivity contribution >= 4 is 17.7 Å². The van der Waals surface area contributed by atoms with Crippen molar-refractivity contribution in [3.63, 3.8) is 0 Å². The van der Waals surface area contributed by atoms with Gasteiger partial charge in [-0.2, -0.15) is 5.26 Å². The first-order valence-corrected chi connectivity index (χ1v) is 6.50. The van der Waals surface area contributed by atoms with E-state index in [2.05, 4.69) is 10.6 Å². The van der Waals surface area contributed by atoms with E-state index in [9.17, 15) is 9.59 Å². The molecular formula is C15H19N3O3. The summed E-state index contributed by atoms with van der Waals surface area (Å²) < 4.78 is 0. The lowest BCUT2D eigenvalue weighted by Crippen LogP contribution is -2.50. The largest absolute Gasteiger partial charge is 0.480 e. The molecule has 1 atom stereocenters. The minimum absolute atomic E-state index is 0.303. The van der Waals surface area contributed by atoms with Gasteiger partial charge in [0.1, 0.15) is 6.04 Å². The third-order valence-electron chi connectivity index (χ3n) is 2.88. The van der Waals surface area contributed by atoms with Crippen LogP contribution in [-0.4, -0.2) is 23.1 Å². The number of carbonyl (C=O) groups excluding carboxylic acids is 1. The van der Waals surface area contributed by atoms with Crippen molar-refractivity contribution in [1.29, 1.82) is 5.26 Å². The predicted molar refractivity (Wildman–Crippen MR) is 78.8 cm³/mol. The first-order valence-electron chi connectivity index (χ1n) is 6.50. The second-order valence-corrected chi connectivity index (χ2v) is 5.77. The van der Waals surface area contributed by atoms with Crippen LogP contribution in [0.1, 0.15) is 26.3 Å². The van der Waals surface area contributed by atoms with Gasteiger partial charge in [0.05, 0.1) is 12.5 Å². The molecule has 6 heteroatoms. The smallest absolute Gasteiger partial charge is 0.326 e. The SMILES string of the molecule is CC(C)(C)[C@@H](NC(=O)Nc1ccc(CC#N)cc1)C(=O)O. The summed E-state index contributed by atoms with van der Waals surface area (Å²) in [4.78, 5) is 23.0. The molecule has 0 saturated carbocycles. The molecule has 112 valence electrons. The molecule has 3 N–H and O–H groups in total. The quantitative estimate of drug-likeness (QED) is 0.791. The summed E-state index contributed by atoms with van der Waals surface area (Å²) >= 11 is 0. The molecule has 1 rings (SSSR count). The van der Waals surface area contributed by atoms with E-state index in [4.69, 9.17) is 10.4 Å². The molecule has 0 unspecified atom stereocenters. The Balaban J connectivity index is 2.68. The van der Waals surface area contributed by atoms with Gasteiger partial charge in [-0.15, -0.1) is 0 Å². The first-order chi connectivity index (χ1) is 9.74. The zero-order valence-electron chi connectivity index (χ0n) is 12.3. The molecule has 0 radical (unpaired) electrons. The molecule has 0 aromatic heterocycles. The van der Waals surface area contributed by atoms with E-state index in [-0.39, 0.29) is 0 Å². The van der Waals surface area contributed by atoms with Gasteiger partial charge in [0.25, 0.3) is 0 Å². The maximum Gasteiger partial charge on any atom is 0.326 e. The molecule has 6 nitrogen and oxygen atoms in total. The molecule has 0 bridgehead atoms. The topological polar surface area (TPSA) is 102 Å². The number of urea groups is 1. The van der Waals surface area contributed by atoms with Gasteiger partial charge in [0.15, 0.2) is 0 Å². The van der Waals surface area contributed by atoms with Crippen LogP contribution in [-0.2, 0) is 11.2 Å². The van der Waals surface area contributed by atoms with Crippen LogP contribution < -0.4 is 10.6 Å². The highest BCUT2D eigenvalue weighted by Crippen LogP contribution is 2.19. The van der Waals surface area contributed by atoms with Crippen molar-refractivity contribution < 1.29 is 14.7 Å². The van der Waals surface area contributed by atoms with Crippen molar-refractivity contribution in [3.05, 3.63) is 29.8 Å². The lowest BCUT2D eigenvalue weighted by atomic mass is 9.87. The second kappa shape index (κ2) is 6.75. The van der Waals surface area contributed by atoms with Crippen LogP contribution in [0.2, 0.25) is 0 Å². The number of carboxylic acids is 1. The van der Waals surface area contributed by atoms with E-state index in [1.807, 2.05) is 6.07 Å². The number of carbonyl (C=O) groups is 2. The Morgan fingerprint density at radius 2 is 1.86 bits per heavy atom. The fourth-order valence-electron chi connectivity index (χ4n) is 1.74. The first kappa shape index (κ1) is 16.5. The highest BCUT2D eigenvalue weighted by Gasteiger charge is 2.32. The normalized spacial score (nSPS) is 12.1. The summed E-state index contributed by atoms with van der Waals surface area (Å²) in [5.41, 5.74) is 0.786. The number of nitriles is 1. The van der Waals surface area contributed by atoms with Crippen molar-refractivity contribution in [1.82, 2.24) is 5.32 Å². The summed E-state index contributed by atoms with van der Waals surface area (Å²) in [6.07, 6.45) is 0.303. The second-order valence-electron chi connectivity index (χ2n) is 5.77. The number of hydrogen-bond donors (Lipinski definition) is 3. The molecule has 0 aliphatic carbocycles. The van der Waals surface area contributed by atoms with E-state index in [0.29, 0.717) is 12.1 Å². The molecule has 1 aromatic carbocycles. The standard InChI is InChI=1S/C15H19N3O3/c1-15(2,3)12(13(19)20)18-14(21)17-11-6-4-10(5-7-11)8-9-16/h4-7,12H,8H2,1-3H3,(H,19,20)(H2,17,18,21)/t12-/m0/s1. The van der Waals surface area contributed by atoms with Gasteiger partial charge in [-0.3, -0.25) is 0 Å². The Bertz CT molecular complexity index is 553. The Kier molecular flexibility index (Phi) is 5.30. The molecule has 21 heavy (non-hydrogen) atoms. The summed E-state index contributed by atoms with van der Waals surface area (Å²) in [5, 5.41) is 22.7. The molecule has 0 heterocycles. The monoisotopic (exact) mass is 289 g/mol. The highest BCUT2D eigenvalue weighted by molar-refractivity contribution is 5.92. The van der Waals surface area contributed by atoms with Crippen LogP contribution in [0.25, 0.3) is 0 Å². The lowest BCUT2D eigenvalue weighted by Gasteiger charge is -2.27. The Hall–Kier alpha value is -2.55. The van der Waals surface area contributed by atoms with Gasteiger partial charge in [0, 0.05) is 5.69 Å². The van der Waals surface area contributed by atoms with Gasteiger partial charge in [-0.05, 0) is 23.1 Å². The van der Waals surface area contributed by atoms with Crippen LogP contribution in [0.3, 0.4) is 0 Å². The molecular weight excluding hydrogens is 270 g/mol. The predicted octanol–water partition coefficient (Wildman–Crippen LogP) is 2.37. The fraction of sp³-hybridized carbons (Fsp3) is 0.400. The van der Waals surface area contributed by atoms with Crippen LogP contribution in [0.4, 0.5) is 10.5 Å². The zero-order chi connectivity index (χ0) is 16.0. The number of nitrogens with zero attached hydrogens (tertiary/aromatic N) is 1. The van der Waals surface area contributed by atoms with E-state index in [0.717, 1.165) is 5.56 Å². The highest BCUT2D eigenvalue weighted by atomic mass is 16.4. The molecule has 2 amide bonds. The van der Waals surface area contributed by atoms with Gasteiger partial charge < -0.3 is 15.7 Å². The van der Waals surface area contributed by atoms with Crippen molar-refractivity contribution in [2.24, 2.45) is 5.41 Å². The number of amides is 2. The fourth-order valence-corrected chi connectivity index (χ4v) is 1.74. The van der Waals surface area contributed by atoms with E-state index in [1.165, 1.54) is 0 Å². The van der Waals surface area contributed by atoms with Gasteiger partial charge in [-0.25, -0.2) is 9.59 Å². The van der Waals surface area contributed by atoms with Crippen molar-refractivity contribution in [3.8, 4) is 6.07 Å². The van der Waals surface area contributed by atoms with Crippen LogP contribution in [0.15, 0.2) is 24.3 Å². The van der Waals surface area contributed by atoms with Gasteiger partial charge in [-0.1, -0.05) is 32.9 Å². The average Bonchev–Trinajstić information content (AvgIpc) is 2.37. The maximum atomic E-state index is 11.8. The number of carboxylic acid groups (broad SMARTS) is 1. The van der Waals surface area contributed by atoms with E-state index in [1.54, 1.807) is 45.0 Å². The third-order valence-corrected chi connectivity index (χ3v) is 2.88. The van der Waals surface area contributed by atoms with Gasteiger partial charge in [0.2, 0.25) is 0 Å². The minimum atomic E-state index is -1.08. The number of benzene rings is 1. The summed E-state index contributed by atoms with van der Waals surface area (Å²) in [5.74, 6) is -1.08. The zero-order valence-corrected chi connectivity index (χ0v) is 12.3. The summed E-state index contributed by atoms with van der Waals surface area (Å²) in [7, 11) is 0. The number of anilines is 1. The Morgan fingerprint density at radius 3 is 2.29 bits per heavy atom. The maximum absolute atomic E-state index is 11.8. The van der Waals surface area contributed by atoms with Crippen molar-refractivity contribution in [2.45, 2.75) is 33.2 Å². The Morgan fingerprint density at radius 1 is 1.29 bits per heavy atom. The molecule has 0 spiro atoms. The van der Waals surface area contributed by atoms with E-state index < -0.39 is 23.5 Å². The summed E-state index contributed by atoms with van der Waals surface area (Å²) in [6.45, 7) is 5.22. The van der Waals surface area contributed by atoms with Crippen LogP contribution >= 0.6 is 0 Å². The van der Waals surface area contributed by atoms with Crippen LogP contribution in [0.5, 0.6) is 0 Å². The average molecular weight is 289 g/mol. The number of nitrogens with one attached hydrogen (secondary N) is 2. The minimum Gasteiger partial charge on any atom is -0.480 e. The number of aliphatic carboxylic acids is 1. The van der Waals surface area contributed by atoms with Crippen LogP contribution in [0, 0.1) is 16.7 Å². The molecule has 1 aromatic rings. The third kappa shape index (κ3) is 5.15.